The molecule has 0 fully saturated rings. The summed E-state index contributed by atoms with van der Waals surface area (Å²) in [5.74, 6) is -2.89. The maximum Gasteiger partial charge on any atom is 0.348 e. The van der Waals surface area contributed by atoms with Crippen molar-refractivity contribution in [2.75, 3.05) is 18.5 Å². The van der Waals surface area contributed by atoms with Gasteiger partial charge in [-0.2, -0.15) is 5.26 Å². The van der Waals surface area contributed by atoms with E-state index in [1.165, 1.54) is 24.3 Å². The first-order valence-corrected chi connectivity index (χ1v) is 9.72. The number of ether oxygens (including phenoxy) is 1. The maximum absolute atomic E-state index is 12.2. The van der Waals surface area contributed by atoms with Gasteiger partial charge in [0.25, 0.3) is 5.91 Å². The zero-order valence-corrected chi connectivity index (χ0v) is 17.1. The topological polar surface area (TPSA) is 146 Å². The first-order valence-electron chi connectivity index (χ1n) is 8.91. The van der Waals surface area contributed by atoms with Crippen LogP contribution in [0.15, 0.2) is 24.3 Å². The number of esters is 1. The number of rotatable bonds is 8. The SMILES string of the molecule is CCOC(=O)c1sc(NC(=O)CCNC(=O)c2ccccc2C(=O)O)c(C#N)c1C. The average Bonchev–Trinajstić information content (AvgIpc) is 3.03. The number of nitriles is 1. The first-order chi connectivity index (χ1) is 14.3. The van der Waals surface area contributed by atoms with Crippen molar-refractivity contribution in [2.45, 2.75) is 20.3 Å². The summed E-state index contributed by atoms with van der Waals surface area (Å²) in [6.07, 6.45) is -0.114. The molecule has 0 aliphatic rings. The van der Waals surface area contributed by atoms with Crippen molar-refractivity contribution in [3.63, 3.8) is 0 Å². The Morgan fingerprint density at radius 2 is 1.87 bits per heavy atom. The zero-order chi connectivity index (χ0) is 22.3. The molecule has 0 bridgehead atoms. The highest BCUT2D eigenvalue weighted by Gasteiger charge is 2.22. The third-order valence-electron chi connectivity index (χ3n) is 4.01. The summed E-state index contributed by atoms with van der Waals surface area (Å²) in [5, 5.41) is 23.8. The lowest BCUT2D eigenvalue weighted by atomic mass is 10.1. The molecule has 0 saturated heterocycles. The summed E-state index contributed by atoms with van der Waals surface area (Å²) < 4.78 is 4.95. The molecule has 9 nitrogen and oxygen atoms in total. The standard InChI is InChI=1S/C20H19N3O6S/c1-3-29-20(28)16-11(2)14(10-21)18(30-16)23-15(24)8-9-22-17(25)12-6-4-5-7-13(12)19(26)27/h4-7H,3,8-9H2,1-2H3,(H,22,25)(H,23,24)(H,26,27). The molecular formula is C20H19N3O6S. The van der Waals surface area contributed by atoms with Crippen molar-refractivity contribution >= 4 is 40.1 Å². The minimum atomic E-state index is -1.23. The Bertz CT molecular complexity index is 1040. The van der Waals surface area contributed by atoms with Crippen LogP contribution in [0.4, 0.5) is 5.00 Å². The van der Waals surface area contributed by atoms with Gasteiger partial charge < -0.3 is 20.5 Å². The van der Waals surface area contributed by atoms with Gasteiger partial charge in [0.2, 0.25) is 5.91 Å². The van der Waals surface area contributed by atoms with E-state index in [9.17, 15) is 24.4 Å². The van der Waals surface area contributed by atoms with Crippen LogP contribution >= 0.6 is 11.3 Å². The van der Waals surface area contributed by atoms with Crippen LogP contribution in [-0.2, 0) is 9.53 Å². The molecule has 0 aliphatic carbocycles. The smallest absolute Gasteiger partial charge is 0.348 e. The highest BCUT2D eigenvalue weighted by Crippen LogP contribution is 2.33. The fraction of sp³-hybridized carbons (Fsp3) is 0.250. The van der Waals surface area contributed by atoms with Crippen molar-refractivity contribution in [1.29, 1.82) is 5.26 Å². The van der Waals surface area contributed by atoms with E-state index in [4.69, 9.17) is 9.84 Å². The minimum absolute atomic E-state index is 0.00913. The molecule has 2 aromatic rings. The van der Waals surface area contributed by atoms with Crippen LogP contribution in [0.2, 0.25) is 0 Å². The molecule has 0 saturated carbocycles. The molecule has 1 aromatic heterocycles. The maximum atomic E-state index is 12.2. The monoisotopic (exact) mass is 429 g/mol. The number of thiophene rings is 1. The van der Waals surface area contributed by atoms with Crippen LogP contribution in [0.1, 0.15) is 54.9 Å². The molecular weight excluding hydrogens is 410 g/mol. The van der Waals surface area contributed by atoms with Crippen LogP contribution in [0.3, 0.4) is 0 Å². The van der Waals surface area contributed by atoms with Crippen LogP contribution in [0, 0.1) is 18.3 Å². The highest BCUT2D eigenvalue weighted by atomic mass is 32.1. The number of hydrogen-bond acceptors (Lipinski definition) is 7. The highest BCUT2D eigenvalue weighted by molar-refractivity contribution is 7.18. The number of carbonyl (C=O) groups excluding carboxylic acids is 3. The Balaban J connectivity index is 2.00. The predicted octanol–water partition coefficient (Wildman–Crippen LogP) is 2.56. The van der Waals surface area contributed by atoms with Gasteiger partial charge >= 0.3 is 11.9 Å². The molecule has 30 heavy (non-hydrogen) atoms. The minimum Gasteiger partial charge on any atom is -0.478 e. The summed E-state index contributed by atoms with van der Waals surface area (Å²) in [5.41, 5.74) is 0.453. The van der Waals surface area contributed by atoms with Crippen LogP contribution in [0.25, 0.3) is 0 Å². The third kappa shape index (κ3) is 5.21. The van der Waals surface area contributed by atoms with Crippen molar-refractivity contribution < 1.29 is 29.0 Å². The second-order valence-electron chi connectivity index (χ2n) is 6.00. The number of carboxylic acids is 1. The van der Waals surface area contributed by atoms with E-state index in [-0.39, 0.29) is 46.1 Å². The summed E-state index contributed by atoms with van der Waals surface area (Å²) in [6, 6.07) is 7.70. The van der Waals surface area contributed by atoms with Gasteiger partial charge in [-0.25, -0.2) is 9.59 Å². The second kappa shape index (κ2) is 10.2. The van der Waals surface area contributed by atoms with Gasteiger partial charge in [-0.05, 0) is 31.5 Å². The zero-order valence-electron chi connectivity index (χ0n) is 16.3. The van der Waals surface area contributed by atoms with Crippen molar-refractivity contribution in [1.82, 2.24) is 5.32 Å². The summed E-state index contributed by atoms with van der Waals surface area (Å²) in [7, 11) is 0. The van der Waals surface area contributed by atoms with E-state index in [1.54, 1.807) is 13.8 Å². The fourth-order valence-corrected chi connectivity index (χ4v) is 3.64. The molecule has 2 rings (SSSR count). The number of amides is 2. The number of hydrogen-bond donors (Lipinski definition) is 3. The number of nitrogens with one attached hydrogen (secondary N) is 2. The number of aromatic carboxylic acids is 1. The average molecular weight is 429 g/mol. The molecule has 0 aliphatic heterocycles. The predicted molar refractivity (Wildman–Crippen MR) is 109 cm³/mol. The van der Waals surface area contributed by atoms with E-state index in [2.05, 4.69) is 10.6 Å². The Kier molecular flexibility index (Phi) is 7.66. The van der Waals surface area contributed by atoms with Gasteiger partial charge in [-0.15, -0.1) is 11.3 Å². The van der Waals surface area contributed by atoms with Crippen molar-refractivity contribution in [3.05, 3.63) is 51.4 Å². The summed E-state index contributed by atoms with van der Waals surface area (Å²) >= 11 is 0.947. The van der Waals surface area contributed by atoms with Crippen molar-refractivity contribution in [2.24, 2.45) is 0 Å². The Morgan fingerprint density at radius 1 is 1.20 bits per heavy atom. The van der Waals surface area contributed by atoms with Gasteiger partial charge in [0.05, 0.1) is 23.3 Å². The van der Waals surface area contributed by atoms with Gasteiger partial charge in [0.1, 0.15) is 15.9 Å². The molecule has 10 heteroatoms. The number of nitrogens with zero attached hydrogens (tertiary/aromatic N) is 1. The number of anilines is 1. The third-order valence-corrected chi connectivity index (χ3v) is 5.20. The van der Waals surface area contributed by atoms with Gasteiger partial charge in [0, 0.05) is 13.0 Å². The van der Waals surface area contributed by atoms with Crippen LogP contribution in [0.5, 0.6) is 0 Å². The molecule has 1 heterocycles. The quantitative estimate of drug-likeness (QED) is 0.547. The Labute approximate surface area is 176 Å². The number of benzene rings is 1. The van der Waals surface area contributed by atoms with E-state index in [0.29, 0.717) is 5.56 Å². The van der Waals surface area contributed by atoms with E-state index in [1.807, 2.05) is 6.07 Å². The van der Waals surface area contributed by atoms with Crippen LogP contribution in [-0.4, -0.2) is 42.0 Å². The van der Waals surface area contributed by atoms with Crippen LogP contribution < -0.4 is 10.6 Å². The van der Waals surface area contributed by atoms with E-state index >= 15 is 0 Å². The van der Waals surface area contributed by atoms with Gasteiger partial charge in [-0.1, -0.05) is 12.1 Å². The molecule has 156 valence electrons. The normalized spacial score (nSPS) is 10.0. The fourth-order valence-electron chi connectivity index (χ4n) is 2.57. The molecule has 1 aromatic carbocycles. The van der Waals surface area contributed by atoms with Gasteiger partial charge in [0.15, 0.2) is 0 Å². The van der Waals surface area contributed by atoms with Crippen molar-refractivity contribution in [3.8, 4) is 6.07 Å². The lowest BCUT2D eigenvalue weighted by Crippen LogP contribution is -2.28. The lowest BCUT2D eigenvalue weighted by molar-refractivity contribution is -0.116. The Hall–Kier alpha value is -3.71. The summed E-state index contributed by atoms with van der Waals surface area (Å²) in [6.45, 7) is 3.40. The molecule has 0 atom stereocenters. The second-order valence-corrected chi connectivity index (χ2v) is 7.02. The molecule has 2 amide bonds. The largest absolute Gasteiger partial charge is 0.478 e. The molecule has 0 spiro atoms. The van der Waals surface area contributed by atoms with E-state index < -0.39 is 23.8 Å². The summed E-state index contributed by atoms with van der Waals surface area (Å²) in [4.78, 5) is 47.8. The van der Waals surface area contributed by atoms with Gasteiger partial charge in [-0.3, -0.25) is 9.59 Å². The Morgan fingerprint density at radius 3 is 2.47 bits per heavy atom. The molecule has 3 N–H and O–H groups in total. The number of carboxylic acid groups (broad SMARTS) is 1. The lowest BCUT2D eigenvalue weighted by Gasteiger charge is -2.08. The molecule has 0 radical (unpaired) electrons. The first kappa shape index (κ1) is 22.6. The van der Waals surface area contributed by atoms with E-state index in [0.717, 1.165) is 11.3 Å². The number of carbonyl (C=O) groups is 4. The molecule has 0 unspecified atom stereocenters.